The summed E-state index contributed by atoms with van der Waals surface area (Å²) in [6.07, 6.45) is 4.82. The van der Waals surface area contributed by atoms with Crippen LogP contribution in [0.25, 0.3) is 0 Å². The summed E-state index contributed by atoms with van der Waals surface area (Å²) < 4.78 is 21.8. The minimum absolute atomic E-state index is 0.152. The monoisotopic (exact) mass is 1070 g/mol. The zero-order valence-corrected chi connectivity index (χ0v) is 50.5. The number of nitrogens with one attached hydrogen (secondary N) is 3. The molecule has 0 radical (unpaired) electrons. The van der Waals surface area contributed by atoms with Crippen LogP contribution in [0.3, 0.4) is 0 Å². The summed E-state index contributed by atoms with van der Waals surface area (Å²) in [4.78, 5) is 53.2. The van der Waals surface area contributed by atoms with Crippen LogP contribution in [0, 0.1) is 0 Å². The van der Waals surface area contributed by atoms with E-state index in [1.54, 1.807) is 73.2 Å². The van der Waals surface area contributed by atoms with Crippen LogP contribution in [0.4, 0.5) is 0 Å². The van der Waals surface area contributed by atoms with Gasteiger partial charge in [-0.2, -0.15) is 0 Å². The molecule has 422 valence electrons. The lowest BCUT2D eigenvalue weighted by molar-refractivity contribution is 0.0934. The Balaban J connectivity index is 1.73. The molecular formula is C67H88N6O6. The first-order chi connectivity index (χ1) is 36.8. The van der Waals surface area contributed by atoms with Gasteiger partial charge in [0.05, 0.1) is 19.6 Å². The standard InChI is InChI=1S/C67H88N6O6/c1-62(2,3)43-37-46(56(49(40-43)65(10,11)12)77-34-31-71-59(74)52-25-19-22-28-68-52)55(47-38-44(63(4,5)6)41-50(66(13,14)15)57(47)78-35-32-72-60(75)53-26-20-23-29-69-53)48-39-45(64(7,8)9)42-51(67(16,17)18)58(48)79-36-33-73-61(76)54-27-21-24-30-70-54/h19-30,37-42,55H,31-36H2,1-18H3,(H,71,74)(H,72,75)(H,73,76). The average molecular weight is 1070 g/mol. The van der Waals surface area contributed by atoms with Crippen molar-refractivity contribution in [2.24, 2.45) is 0 Å². The Kier molecular flexibility index (Phi) is 19.0. The summed E-state index contributed by atoms with van der Waals surface area (Å²) in [5.41, 5.74) is 7.72. The number of benzene rings is 3. The number of hydrogen-bond acceptors (Lipinski definition) is 9. The molecule has 0 aliphatic carbocycles. The molecule has 3 aromatic heterocycles. The first-order valence-electron chi connectivity index (χ1n) is 27.8. The number of aromatic nitrogens is 3. The second-order valence-electron chi connectivity index (χ2n) is 26.7. The summed E-state index contributed by atoms with van der Waals surface area (Å²) >= 11 is 0. The number of carbonyl (C=O) groups is 3. The van der Waals surface area contributed by atoms with Gasteiger partial charge in [-0.1, -0.05) is 179 Å². The van der Waals surface area contributed by atoms with Crippen LogP contribution in [0.5, 0.6) is 17.2 Å². The molecule has 6 rings (SSSR count). The minimum Gasteiger partial charge on any atom is -0.491 e. The largest absolute Gasteiger partial charge is 0.491 e. The molecule has 3 aromatic carbocycles. The molecule has 12 nitrogen and oxygen atoms in total. The normalized spacial score (nSPS) is 12.5. The second-order valence-corrected chi connectivity index (χ2v) is 26.7. The summed E-state index contributed by atoms with van der Waals surface area (Å²) in [6, 6.07) is 29.6. The molecule has 0 saturated carbocycles. The van der Waals surface area contributed by atoms with Crippen molar-refractivity contribution in [3.8, 4) is 17.2 Å². The van der Waals surface area contributed by atoms with Crippen molar-refractivity contribution < 1.29 is 28.6 Å². The number of hydrogen-bond donors (Lipinski definition) is 3. The van der Waals surface area contributed by atoms with E-state index in [0.717, 1.165) is 50.1 Å². The first kappa shape index (κ1) is 61.1. The zero-order chi connectivity index (χ0) is 58.3. The van der Waals surface area contributed by atoms with Gasteiger partial charge in [-0.3, -0.25) is 29.3 Å². The van der Waals surface area contributed by atoms with Crippen molar-refractivity contribution in [1.82, 2.24) is 30.9 Å². The summed E-state index contributed by atoms with van der Waals surface area (Å²) in [5.74, 6) is 0.564. The fourth-order valence-electron chi connectivity index (χ4n) is 9.27. The van der Waals surface area contributed by atoms with Crippen LogP contribution in [-0.2, 0) is 32.5 Å². The number of ether oxygens (including phenoxy) is 3. The Morgan fingerprint density at radius 3 is 0.835 bits per heavy atom. The number of nitrogens with zero attached hydrogens (tertiary/aromatic N) is 3. The van der Waals surface area contributed by atoms with E-state index in [4.69, 9.17) is 14.2 Å². The van der Waals surface area contributed by atoms with E-state index in [1.165, 1.54) is 0 Å². The van der Waals surface area contributed by atoms with Gasteiger partial charge in [-0.25, -0.2) is 0 Å². The summed E-state index contributed by atoms with van der Waals surface area (Å²) in [5, 5.41) is 9.15. The topological polar surface area (TPSA) is 154 Å². The molecule has 0 fully saturated rings. The maximum atomic E-state index is 13.4. The van der Waals surface area contributed by atoms with Crippen molar-refractivity contribution in [2.75, 3.05) is 39.5 Å². The van der Waals surface area contributed by atoms with Crippen LogP contribution in [0.2, 0.25) is 0 Å². The quantitative estimate of drug-likeness (QED) is 0.0564. The molecule has 0 saturated heterocycles. The Labute approximate surface area is 471 Å². The molecule has 3 heterocycles. The van der Waals surface area contributed by atoms with Crippen molar-refractivity contribution in [3.05, 3.63) is 177 Å². The van der Waals surface area contributed by atoms with Gasteiger partial charge in [0.25, 0.3) is 17.7 Å². The zero-order valence-electron chi connectivity index (χ0n) is 50.5. The predicted octanol–water partition coefficient (Wildman–Crippen LogP) is 13.3. The van der Waals surface area contributed by atoms with Gasteiger partial charge in [0.1, 0.15) is 54.2 Å². The lowest BCUT2D eigenvalue weighted by Crippen LogP contribution is -2.30. The van der Waals surface area contributed by atoms with Gasteiger partial charge in [0.2, 0.25) is 0 Å². The molecule has 3 amide bonds. The lowest BCUT2D eigenvalue weighted by Gasteiger charge is -2.37. The highest BCUT2D eigenvalue weighted by Crippen LogP contribution is 2.53. The predicted molar refractivity (Wildman–Crippen MR) is 319 cm³/mol. The molecule has 0 bridgehead atoms. The summed E-state index contributed by atoms with van der Waals surface area (Å²) in [7, 11) is 0. The Bertz CT molecular complexity index is 2730. The van der Waals surface area contributed by atoms with Gasteiger partial charge in [-0.05, 0) is 85.6 Å². The molecule has 0 aliphatic heterocycles. The van der Waals surface area contributed by atoms with Crippen LogP contribution in [-0.4, -0.2) is 72.1 Å². The Morgan fingerprint density at radius 2 is 0.633 bits per heavy atom. The van der Waals surface area contributed by atoms with Gasteiger partial charge in [0.15, 0.2) is 0 Å². The number of rotatable bonds is 18. The molecule has 6 aromatic rings. The Morgan fingerprint density at radius 1 is 0.380 bits per heavy atom. The van der Waals surface area contributed by atoms with Gasteiger partial charge >= 0.3 is 0 Å². The highest BCUT2D eigenvalue weighted by molar-refractivity contribution is 5.93. The molecular weight excluding hydrogens is 985 g/mol. The van der Waals surface area contributed by atoms with Crippen molar-refractivity contribution in [2.45, 2.75) is 163 Å². The minimum atomic E-state index is -0.635. The third-order valence-corrected chi connectivity index (χ3v) is 13.9. The summed E-state index contributed by atoms with van der Waals surface area (Å²) in [6.45, 7) is 41.1. The molecule has 0 unspecified atom stereocenters. The third kappa shape index (κ3) is 15.8. The van der Waals surface area contributed by atoms with Crippen molar-refractivity contribution in [3.63, 3.8) is 0 Å². The van der Waals surface area contributed by atoms with Crippen LogP contribution < -0.4 is 30.2 Å². The van der Waals surface area contributed by atoms with Crippen LogP contribution >= 0.6 is 0 Å². The smallest absolute Gasteiger partial charge is 0.269 e. The fraction of sp³-hybridized carbons (Fsp3) is 0.463. The molecule has 0 aliphatic rings. The number of pyridine rings is 3. The Hall–Kier alpha value is -7.08. The molecule has 0 spiro atoms. The van der Waals surface area contributed by atoms with E-state index < -0.39 is 22.2 Å². The maximum absolute atomic E-state index is 13.4. The highest BCUT2D eigenvalue weighted by Gasteiger charge is 2.39. The second kappa shape index (κ2) is 24.5. The average Bonchev–Trinajstić information content (AvgIpc) is 3.52. The van der Waals surface area contributed by atoms with Crippen molar-refractivity contribution >= 4 is 17.7 Å². The fourth-order valence-corrected chi connectivity index (χ4v) is 9.27. The molecule has 79 heavy (non-hydrogen) atoms. The number of carbonyl (C=O) groups excluding carboxylic acids is 3. The molecule has 12 heteroatoms. The first-order valence-corrected chi connectivity index (χ1v) is 27.8. The highest BCUT2D eigenvalue weighted by atomic mass is 16.5. The third-order valence-electron chi connectivity index (χ3n) is 13.9. The van der Waals surface area contributed by atoms with Gasteiger partial charge in [0, 0.05) is 57.9 Å². The van der Waals surface area contributed by atoms with E-state index >= 15 is 0 Å². The van der Waals surface area contributed by atoms with E-state index in [0.29, 0.717) is 34.3 Å². The van der Waals surface area contributed by atoms with E-state index in [-0.39, 0.29) is 73.4 Å². The van der Waals surface area contributed by atoms with Gasteiger partial charge < -0.3 is 30.2 Å². The van der Waals surface area contributed by atoms with Crippen LogP contribution in [0.1, 0.15) is 212 Å². The molecule has 3 N–H and O–H groups in total. The number of amides is 3. The van der Waals surface area contributed by atoms with Crippen LogP contribution in [0.15, 0.2) is 110 Å². The van der Waals surface area contributed by atoms with E-state index in [2.05, 4.69) is 192 Å². The maximum Gasteiger partial charge on any atom is 0.269 e. The van der Waals surface area contributed by atoms with Gasteiger partial charge in [-0.15, -0.1) is 0 Å². The molecule has 0 atom stereocenters. The van der Waals surface area contributed by atoms with E-state index in [9.17, 15) is 14.4 Å². The van der Waals surface area contributed by atoms with E-state index in [1.807, 2.05) is 0 Å². The lowest BCUT2D eigenvalue weighted by atomic mass is 9.70. The van der Waals surface area contributed by atoms with Crippen molar-refractivity contribution in [1.29, 1.82) is 0 Å². The SMILES string of the molecule is CC(C)(C)c1cc(C(c2cc(C(C)(C)C)cc(C(C)(C)C)c2OCCNC(=O)c2ccccn2)c2cc(C(C)(C)C)cc(C(C)(C)C)c2OCCNC(=O)c2ccccn2)c(OCCNC(=O)c2ccccn2)c(C(C)(C)C)c1.